The van der Waals surface area contributed by atoms with Gasteiger partial charge in [0.2, 0.25) is 5.91 Å². The van der Waals surface area contributed by atoms with Gasteiger partial charge in [-0.1, -0.05) is 12.1 Å². The lowest BCUT2D eigenvalue weighted by Gasteiger charge is -2.35. The first kappa shape index (κ1) is 18.3. The van der Waals surface area contributed by atoms with Gasteiger partial charge in [0.1, 0.15) is 5.82 Å². The number of benzene rings is 1. The van der Waals surface area contributed by atoms with Crippen molar-refractivity contribution < 1.29 is 18.8 Å². The summed E-state index contributed by atoms with van der Waals surface area (Å²) in [6.45, 7) is 2.95. The molecule has 2 aliphatic rings. The van der Waals surface area contributed by atoms with Crippen molar-refractivity contribution in [2.24, 2.45) is 5.92 Å². The summed E-state index contributed by atoms with van der Waals surface area (Å²) in [5.41, 5.74) is 0.491. The molecular weight excluding hydrogens is 339 g/mol. The third-order valence-electron chi connectivity index (χ3n) is 4.90. The second-order valence-corrected chi connectivity index (χ2v) is 6.57. The number of carbonyl (C=O) groups excluding carboxylic acids is 3. The van der Waals surface area contributed by atoms with Crippen LogP contribution in [0.1, 0.15) is 12.8 Å². The van der Waals surface area contributed by atoms with Crippen LogP contribution in [0.15, 0.2) is 24.3 Å². The second kappa shape index (κ2) is 8.27. The van der Waals surface area contributed by atoms with Gasteiger partial charge in [0.25, 0.3) is 0 Å². The van der Waals surface area contributed by atoms with E-state index in [1.807, 2.05) is 4.90 Å². The van der Waals surface area contributed by atoms with Crippen molar-refractivity contribution in [3.05, 3.63) is 30.1 Å². The van der Waals surface area contributed by atoms with Crippen molar-refractivity contribution >= 4 is 23.4 Å². The van der Waals surface area contributed by atoms with Gasteiger partial charge >= 0.3 is 11.8 Å². The predicted octanol–water partition coefficient (Wildman–Crippen LogP) is 0.117. The standard InChI is InChI=1S/C18H23FN4O3/c19-14-3-1-2-4-15(14)22-9-11-23(12-10-22)18(26)17(25)21-16(24)13-5-7-20-8-6-13/h1-4,13,20H,5-12H2,(H,21,24,25). The van der Waals surface area contributed by atoms with Crippen LogP contribution in [-0.4, -0.2) is 61.9 Å². The van der Waals surface area contributed by atoms with Crippen LogP contribution in [-0.2, 0) is 14.4 Å². The van der Waals surface area contributed by atoms with E-state index < -0.39 is 11.8 Å². The number of nitrogens with one attached hydrogen (secondary N) is 2. The van der Waals surface area contributed by atoms with Crippen molar-refractivity contribution in [1.29, 1.82) is 0 Å². The molecule has 140 valence electrons. The van der Waals surface area contributed by atoms with Gasteiger partial charge in [-0.05, 0) is 38.1 Å². The van der Waals surface area contributed by atoms with Gasteiger partial charge < -0.3 is 15.1 Å². The number of piperidine rings is 1. The molecule has 26 heavy (non-hydrogen) atoms. The van der Waals surface area contributed by atoms with E-state index in [1.165, 1.54) is 11.0 Å². The zero-order valence-electron chi connectivity index (χ0n) is 14.5. The van der Waals surface area contributed by atoms with Gasteiger partial charge in [0.05, 0.1) is 5.69 Å². The lowest BCUT2D eigenvalue weighted by molar-refractivity contribution is -0.148. The van der Waals surface area contributed by atoms with E-state index in [9.17, 15) is 18.8 Å². The number of piperazine rings is 1. The number of carbonyl (C=O) groups is 3. The molecule has 0 radical (unpaired) electrons. The fourth-order valence-corrected chi connectivity index (χ4v) is 3.35. The Kier molecular flexibility index (Phi) is 5.82. The fourth-order valence-electron chi connectivity index (χ4n) is 3.35. The summed E-state index contributed by atoms with van der Waals surface area (Å²) in [4.78, 5) is 39.7. The highest BCUT2D eigenvalue weighted by molar-refractivity contribution is 6.37. The average Bonchev–Trinajstić information content (AvgIpc) is 2.68. The third kappa shape index (κ3) is 4.19. The van der Waals surface area contributed by atoms with Crippen LogP contribution in [0.3, 0.4) is 0 Å². The number of nitrogens with zero attached hydrogens (tertiary/aromatic N) is 2. The Bertz CT molecular complexity index is 683. The first-order chi connectivity index (χ1) is 12.6. The number of halogens is 1. The topological polar surface area (TPSA) is 81.8 Å². The Morgan fingerprint density at radius 3 is 2.35 bits per heavy atom. The smallest absolute Gasteiger partial charge is 0.316 e. The molecule has 2 saturated heterocycles. The summed E-state index contributed by atoms with van der Waals surface area (Å²) in [7, 11) is 0. The summed E-state index contributed by atoms with van der Waals surface area (Å²) in [5, 5.41) is 5.38. The summed E-state index contributed by atoms with van der Waals surface area (Å²) >= 11 is 0. The van der Waals surface area contributed by atoms with E-state index in [-0.39, 0.29) is 17.6 Å². The Morgan fingerprint density at radius 2 is 1.69 bits per heavy atom. The van der Waals surface area contributed by atoms with Crippen LogP contribution in [0.2, 0.25) is 0 Å². The molecule has 0 aliphatic carbocycles. The van der Waals surface area contributed by atoms with Crippen molar-refractivity contribution in [3.63, 3.8) is 0 Å². The molecule has 0 unspecified atom stereocenters. The Balaban J connectivity index is 1.50. The number of amides is 3. The van der Waals surface area contributed by atoms with E-state index >= 15 is 0 Å². The normalized spacial score (nSPS) is 18.5. The number of anilines is 1. The number of hydrogen-bond acceptors (Lipinski definition) is 5. The molecule has 7 nitrogen and oxygen atoms in total. The first-order valence-electron chi connectivity index (χ1n) is 8.90. The van der Waals surface area contributed by atoms with E-state index in [1.54, 1.807) is 18.2 Å². The van der Waals surface area contributed by atoms with Crippen LogP contribution in [0.25, 0.3) is 0 Å². The molecule has 1 aromatic rings. The van der Waals surface area contributed by atoms with Crippen molar-refractivity contribution in [2.45, 2.75) is 12.8 Å². The molecule has 2 N–H and O–H groups in total. The summed E-state index contributed by atoms with van der Waals surface area (Å²) in [6.07, 6.45) is 1.32. The maximum Gasteiger partial charge on any atom is 0.316 e. The van der Waals surface area contributed by atoms with Gasteiger partial charge in [0.15, 0.2) is 0 Å². The zero-order valence-corrected chi connectivity index (χ0v) is 14.5. The Morgan fingerprint density at radius 1 is 1.04 bits per heavy atom. The molecule has 0 atom stereocenters. The van der Waals surface area contributed by atoms with E-state index in [0.717, 1.165) is 13.1 Å². The first-order valence-corrected chi connectivity index (χ1v) is 8.90. The van der Waals surface area contributed by atoms with Crippen LogP contribution < -0.4 is 15.5 Å². The molecule has 0 bridgehead atoms. The average molecular weight is 362 g/mol. The van der Waals surface area contributed by atoms with Gasteiger partial charge in [-0.2, -0.15) is 0 Å². The summed E-state index contributed by atoms with van der Waals surface area (Å²) in [6, 6.07) is 6.47. The highest BCUT2D eigenvalue weighted by Gasteiger charge is 2.30. The highest BCUT2D eigenvalue weighted by atomic mass is 19.1. The third-order valence-corrected chi connectivity index (χ3v) is 4.90. The van der Waals surface area contributed by atoms with E-state index in [4.69, 9.17) is 0 Å². The van der Waals surface area contributed by atoms with Crippen LogP contribution >= 0.6 is 0 Å². The lowest BCUT2D eigenvalue weighted by atomic mass is 9.97. The molecule has 3 amide bonds. The minimum Gasteiger partial charge on any atom is -0.366 e. The van der Waals surface area contributed by atoms with E-state index in [0.29, 0.717) is 44.7 Å². The largest absolute Gasteiger partial charge is 0.366 e. The van der Waals surface area contributed by atoms with Crippen molar-refractivity contribution in [1.82, 2.24) is 15.5 Å². The molecule has 1 aromatic carbocycles. The van der Waals surface area contributed by atoms with Crippen LogP contribution in [0.4, 0.5) is 10.1 Å². The van der Waals surface area contributed by atoms with Gasteiger partial charge in [-0.3, -0.25) is 19.7 Å². The maximum atomic E-state index is 13.9. The quantitative estimate of drug-likeness (QED) is 0.731. The molecule has 0 saturated carbocycles. The molecule has 0 aromatic heterocycles. The van der Waals surface area contributed by atoms with Crippen molar-refractivity contribution in [2.75, 3.05) is 44.2 Å². The van der Waals surface area contributed by atoms with Gasteiger partial charge in [-0.25, -0.2) is 4.39 Å². The molecule has 2 aliphatic heterocycles. The number of para-hydroxylation sites is 1. The summed E-state index contributed by atoms with van der Waals surface area (Å²) < 4.78 is 13.9. The zero-order chi connectivity index (χ0) is 18.5. The minimum absolute atomic E-state index is 0.231. The van der Waals surface area contributed by atoms with Crippen molar-refractivity contribution in [3.8, 4) is 0 Å². The second-order valence-electron chi connectivity index (χ2n) is 6.57. The SMILES string of the molecule is O=C(NC(=O)C1CCNCC1)C(=O)N1CCN(c2ccccc2F)CC1. The number of hydrogen-bond donors (Lipinski definition) is 2. The van der Waals surface area contributed by atoms with Gasteiger partial charge in [-0.15, -0.1) is 0 Å². The minimum atomic E-state index is -0.882. The van der Waals surface area contributed by atoms with Gasteiger partial charge in [0, 0.05) is 32.1 Å². The summed E-state index contributed by atoms with van der Waals surface area (Å²) in [5.74, 6) is -2.51. The molecule has 0 spiro atoms. The highest BCUT2D eigenvalue weighted by Crippen LogP contribution is 2.20. The van der Waals surface area contributed by atoms with Crippen LogP contribution in [0, 0.1) is 11.7 Å². The molecule has 2 fully saturated rings. The molecule has 8 heteroatoms. The maximum absolute atomic E-state index is 13.9. The monoisotopic (exact) mass is 362 g/mol. The molecule has 3 rings (SSSR count). The Labute approximate surface area is 151 Å². The number of imide groups is 1. The molecular formula is C18H23FN4O3. The predicted molar refractivity (Wildman–Crippen MR) is 93.9 cm³/mol. The molecule has 2 heterocycles. The fraction of sp³-hybridized carbons (Fsp3) is 0.500. The number of rotatable bonds is 2. The van der Waals surface area contributed by atoms with E-state index in [2.05, 4.69) is 10.6 Å². The lowest BCUT2D eigenvalue weighted by Crippen LogP contribution is -2.54. The van der Waals surface area contributed by atoms with Crippen LogP contribution in [0.5, 0.6) is 0 Å². The Hall–Kier alpha value is -2.48.